The maximum Gasteiger partial charge on any atom is 0.220 e. The molecule has 0 spiro atoms. The molecule has 0 rings (SSSR count). The summed E-state index contributed by atoms with van der Waals surface area (Å²) >= 11 is 0. The molecule has 0 aliphatic heterocycles. The third-order valence-electron chi connectivity index (χ3n) is 9.63. The molecule has 0 aromatic heterocycles. The van der Waals surface area contributed by atoms with E-state index >= 15 is 0 Å². The van der Waals surface area contributed by atoms with Crippen LogP contribution in [0.3, 0.4) is 0 Å². The van der Waals surface area contributed by atoms with Crippen LogP contribution < -0.4 is 5.32 Å². The number of allylic oxidation sites excluding steroid dienone is 8. The molecule has 0 bridgehead atoms. The van der Waals surface area contributed by atoms with Crippen molar-refractivity contribution in [2.24, 2.45) is 0 Å². The SMILES string of the molecule is CCCCC/C=C\C/C=C\CCCCCCCCCC(=O)NC(CO)C(O)C(O)CCC/C=C/CC/C=C/CCCCCCCCCCCC. The number of aliphatic hydroxyl groups excluding tert-OH is 3. The Morgan fingerprint density at radius 1 is 0.500 bits per heavy atom. The van der Waals surface area contributed by atoms with Crippen LogP contribution in [0.4, 0.5) is 0 Å². The van der Waals surface area contributed by atoms with Gasteiger partial charge in [-0.25, -0.2) is 0 Å². The smallest absolute Gasteiger partial charge is 0.220 e. The molecule has 0 aromatic rings. The van der Waals surface area contributed by atoms with Crippen LogP contribution in [0, 0.1) is 0 Å². The molecule has 0 aliphatic carbocycles. The molecule has 0 aliphatic rings. The van der Waals surface area contributed by atoms with Crippen LogP contribution in [0.5, 0.6) is 0 Å². The lowest BCUT2D eigenvalue weighted by molar-refractivity contribution is -0.124. The molecule has 1 amide bonds. The van der Waals surface area contributed by atoms with Gasteiger partial charge in [0.15, 0.2) is 0 Å². The molecular weight excluding hydrogens is 618 g/mol. The van der Waals surface area contributed by atoms with Crippen molar-refractivity contribution in [2.45, 2.75) is 225 Å². The molecule has 0 fully saturated rings. The van der Waals surface area contributed by atoms with Crippen LogP contribution in [-0.2, 0) is 4.79 Å². The van der Waals surface area contributed by atoms with Gasteiger partial charge in [-0.15, -0.1) is 0 Å². The molecule has 0 saturated heterocycles. The number of amides is 1. The second-order valence-corrected chi connectivity index (χ2v) is 14.5. The minimum Gasteiger partial charge on any atom is -0.394 e. The van der Waals surface area contributed by atoms with Crippen LogP contribution in [-0.4, -0.2) is 46.1 Å². The van der Waals surface area contributed by atoms with Crippen LogP contribution in [0.2, 0.25) is 0 Å². The lowest BCUT2D eigenvalue weighted by atomic mass is 10.0. The number of carbonyl (C=O) groups excluding carboxylic acids is 1. The lowest BCUT2D eigenvalue weighted by Gasteiger charge is -2.26. The van der Waals surface area contributed by atoms with E-state index in [9.17, 15) is 20.1 Å². The maximum absolute atomic E-state index is 12.4. The predicted octanol–water partition coefficient (Wildman–Crippen LogP) is 12.2. The average molecular weight is 702 g/mol. The normalized spacial score (nSPS) is 14.1. The van der Waals surface area contributed by atoms with Crippen LogP contribution in [0.25, 0.3) is 0 Å². The Bertz CT molecular complexity index is 820. The van der Waals surface area contributed by atoms with E-state index in [1.165, 1.54) is 122 Å². The highest BCUT2D eigenvalue weighted by molar-refractivity contribution is 5.76. The van der Waals surface area contributed by atoms with Gasteiger partial charge in [-0.05, 0) is 83.5 Å². The Morgan fingerprint density at radius 2 is 0.880 bits per heavy atom. The average Bonchev–Trinajstić information content (AvgIpc) is 3.12. The third-order valence-corrected chi connectivity index (χ3v) is 9.63. The number of unbranched alkanes of at least 4 members (excludes halogenated alkanes) is 22. The molecule has 5 nitrogen and oxygen atoms in total. The first kappa shape index (κ1) is 48.3. The highest BCUT2D eigenvalue weighted by atomic mass is 16.3. The largest absolute Gasteiger partial charge is 0.394 e. The van der Waals surface area contributed by atoms with Gasteiger partial charge in [-0.1, -0.05) is 165 Å². The Hall–Kier alpha value is -1.69. The second-order valence-electron chi connectivity index (χ2n) is 14.5. The number of rotatable bonds is 38. The zero-order valence-corrected chi connectivity index (χ0v) is 33.0. The molecule has 0 saturated carbocycles. The van der Waals surface area contributed by atoms with E-state index in [0.717, 1.165) is 57.8 Å². The molecule has 3 atom stereocenters. The number of carbonyl (C=O) groups is 1. The van der Waals surface area contributed by atoms with Gasteiger partial charge in [0, 0.05) is 6.42 Å². The fourth-order valence-electron chi connectivity index (χ4n) is 6.27. The summed E-state index contributed by atoms with van der Waals surface area (Å²) in [5.41, 5.74) is 0. The number of hydrogen-bond acceptors (Lipinski definition) is 4. The van der Waals surface area contributed by atoms with Crippen molar-refractivity contribution in [1.29, 1.82) is 0 Å². The minimum absolute atomic E-state index is 0.168. The topological polar surface area (TPSA) is 89.8 Å². The summed E-state index contributed by atoms with van der Waals surface area (Å²) in [5, 5.41) is 33.5. The molecule has 0 heterocycles. The molecule has 5 heteroatoms. The van der Waals surface area contributed by atoms with E-state index in [0.29, 0.717) is 12.8 Å². The van der Waals surface area contributed by atoms with E-state index in [1.54, 1.807) is 0 Å². The van der Waals surface area contributed by atoms with E-state index in [4.69, 9.17) is 0 Å². The van der Waals surface area contributed by atoms with E-state index in [1.807, 2.05) is 0 Å². The molecule has 292 valence electrons. The van der Waals surface area contributed by atoms with Crippen molar-refractivity contribution in [2.75, 3.05) is 6.61 Å². The van der Waals surface area contributed by atoms with Crippen LogP contribution >= 0.6 is 0 Å². The first-order chi connectivity index (χ1) is 24.6. The lowest BCUT2D eigenvalue weighted by Crippen LogP contribution is -2.50. The van der Waals surface area contributed by atoms with Gasteiger partial charge in [0.2, 0.25) is 5.91 Å². The summed E-state index contributed by atoms with van der Waals surface area (Å²) in [6.45, 7) is 4.13. The minimum atomic E-state index is -1.17. The zero-order valence-electron chi connectivity index (χ0n) is 33.0. The monoisotopic (exact) mass is 702 g/mol. The van der Waals surface area contributed by atoms with Gasteiger partial charge in [0.1, 0.15) is 6.10 Å². The highest BCUT2D eigenvalue weighted by Crippen LogP contribution is 2.14. The number of nitrogens with one attached hydrogen (secondary N) is 1. The zero-order chi connectivity index (χ0) is 36.6. The van der Waals surface area contributed by atoms with Crippen LogP contribution in [0.15, 0.2) is 48.6 Å². The van der Waals surface area contributed by atoms with Crippen molar-refractivity contribution < 1.29 is 20.1 Å². The summed E-state index contributed by atoms with van der Waals surface area (Å²) in [7, 11) is 0. The third kappa shape index (κ3) is 34.7. The molecule has 0 aromatic carbocycles. The molecule has 3 unspecified atom stereocenters. The van der Waals surface area contributed by atoms with Gasteiger partial charge in [-0.3, -0.25) is 4.79 Å². The Morgan fingerprint density at radius 3 is 1.38 bits per heavy atom. The Balaban J connectivity index is 3.74. The summed E-state index contributed by atoms with van der Waals surface area (Å²) < 4.78 is 0. The first-order valence-electron chi connectivity index (χ1n) is 21.4. The Labute approximate surface area is 310 Å². The van der Waals surface area contributed by atoms with Crippen molar-refractivity contribution >= 4 is 5.91 Å². The number of aliphatic hydroxyl groups is 3. The summed E-state index contributed by atoms with van der Waals surface area (Å²) in [5.74, 6) is -0.168. The van der Waals surface area contributed by atoms with Gasteiger partial charge < -0.3 is 20.6 Å². The van der Waals surface area contributed by atoms with Crippen LogP contribution in [0.1, 0.15) is 206 Å². The molecule has 4 N–H and O–H groups in total. The predicted molar refractivity (Wildman–Crippen MR) is 217 cm³/mol. The van der Waals surface area contributed by atoms with Gasteiger partial charge in [0.05, 0.1) is 18.8 Å². The van der Waals surface area contributed by atoms with Crippen molar-refractivity contribution in [3.05, 3.63) is 48.6 Å². The summed E-state index contributed by atoms with van der Waals surface area (Å²) in [6.07, 6.45) is 50.7. The highest BCUT2D eigenvalue weighted by Gasteiger charge is 2.26. The van der Waals surface area contributed by atoms with Crippen molar-refractivity contribution in [3.8, 4) is 0 Å². The first-order valence-corrected chi connectivity index (χ1v) is 21.4. The second kappa shape index (κ2) is 40.1. The van der Waals surface area contributed by atoms with E-state index in [2.05, 4.69) is 67.8 Å². The fraction of sp³-hybridized carbons (Fsp3) is 0.800. The maximum atomic E-state index is 12.4. The van der Waals surface area contributed by atoms with Gasteiger partial charge >= 0.3 is 0 Å². The summed E-state index contributed by atoms with van der Waals surface area (Å²) in [6, 6.07) is -0.837. The molecule has 0 radical (unpaired) electrons. The van der Waals surface area contributed by atoms with E-state index < -0.39 is 18.2 Å². The van der Waals surface area contributed by atoms with E-state index in [-0.39, 0.29) is 12.5 Å². The van der Waals surface area contributed by atoms with Gasteiger partial charge in [0.25, 0.3) is 0 Å². The number of hydrogen-bond donors (Lipinski definition) is 4. The Kier molecular flexibility index (Phi) is 38.7. The quantitative estimate of drug-likeness (QED) is 0.0381. The molecular formula is C45H83NO4. The van der Waals surface area contributed by atoms with Crippen molar-refractivity contribution in [1.82, 2.24) is 5.32 Å². The summed E-state index contributed by atoms with van der Waals surface area (Å²) in [4.78, 5) is 12.4. The molecule has 50 heavy (non-hydrogen) atoms. The standard InChI is InChI=1S/C45H83NO4/c1-3-5-7-9-11-13-15-17-19-21-22-24-25-27-29-31-33-35-37-39-43(48)45(50)42(41-47)46-44(49)40-38-36-34-32-30-28-26-23-20-18-16-14-12-10-8-6-4-2/h12,14,18,20,24-25,31,33,42-43,45,47-48,50H,3-11,13,15-17,19,21-23,26-30,32,34-41H2,1-2H3,(H,46,49)/b14-12-,20-18-,25-24+,33-31+. The van der Waals surface area contributed by atoms with Crippen molar-refractivity contribution in [3.63, 3.8) is 0 Å². The fourth-order valence-corrected chi connectivity index (χ4v) is 6.27. The van der Waals surface area contributed by atoms with Gasteiger partial charge in [-0.2, -0.15) is 0 Å².